The summed E-state index contributed by atoms with van der Waals surface area (Å²) in [4.78, 5) is 16.7. The summed E-state index contributed by atoms with van der Waals surface area (Å²) in [6, 6.07) is 26.6. The molecule has 0 atom stereocenters. The smallest absolute Gasteiger partial charge is 0.319 e. The van der Waals surface area contributed by atoms with E-state index in [1.165, 1.54) is 0 Å². The second-order valence-electron chi connectivity index (χ2n) is 7.31. The van der Waals surface area contributed by atoms with E-state index in [1.54, 1.807) is 0 Å². The number of amides is 2. The fraction of sp³-hybridized carbons (Fsp3) is 0.154. The number of anilines is 1. The summed E-state index contributed by atoms with van der Waals surface area (Å²) in [6.07, 6.45) is 0.643. The van der Waals surface area contributed by atoms with Gasteiger partial charge in [0.05, 0.1) is 12.3 Å². The Kier molecular flexibility index (Phi) is 6.82. The molecule has 0 saturated heterocycles. The highest BCUT2D eigenvalue weighted by molar-refractivity contribution is 5.89. The van der Waals surface area contributed by atoms with Gasteiger partial charge in [-0.05, 0) is 48.9 Å². The molecule has 3 aromatic carbocycles. The average Bonchev–Trinajstić information content (AvgIpc) is 3.20. The quantitative estimate of drug-likeness (QED) is 0.384. The number of oxazole rings is 1. The van der Waals surface area contributed by atoms with Crippen molar-refractivity contribution < 1.29 is 13.9 Å². The van der Waals surface area contributed by atoms with E-state index in [-0.39, 0.29) is 6.03 Å². The highest BCUT2D eigenvalue weighted by atomic mass is 16.5. The second-order valence-corrected chi connectivity index (χ2v) is 7.31. The molecule has 2 N–H and O–H groups in total. The number of aromatic nitrogens is 1. The number of benzene rings is 3. The van der Waals surface area contributed by atoms with E-state index in [4.69, 9.17) is 9.15 Å². The zero-order valence-electron chi connectivity index (χ0n) is 17.9. The van der Waals surface area contributed by atoms with Crippen LogP contribution in [0.1, 0.15) is 17.0 Å². The molecule has 1 aromatic heterocycles. The van der Waals surface area contributed by atoms with Gasteiger partial charge in [0.25, 0.3) is 0 Å². The van der Waals surface area contributed by atoms with Crippen LogP contribution in [0, 0.1) is 6.92 Å². The average molecular weight is 428 g/mol. The first-order valence-corrected chi connectivity index (χ1v) is 10.5. The fourth-order valence-electron chi connectivity index (χ4n) is 3.25. The van der Waals surface area contributed by atoms with Gasteiger partial charge in [0.2, 0.25) is 5.89 Å². The van der Waals surface area contributed by atoms with Crippen LogP contribution in [0.15, 0.2) is 89.3 Å². The first-order valence-electron chi connectivity index (χ1n) is 10.5. The molecule has 32 heavy (non-hydrogen) atoms. The highest BCUT2D eigenvalue weighted by Gasteiger charge is 2.11. The lowest BCUT2D eigenvalue weighted by Crippen LogP contribution is -2.28. The van der Waals surface area contributed by atoms with E-state index in [9.17, 15) is 4.79 Å². The van der Waals surface area contributed by atoms with E-state index in [2.05, 4.69) is 15.6 Å². The molecule has 0 spiro atoms. The monoisotopic (exact) mass is 427 g/mol. The summed E-state index contributed by atoms with van der Waals surface area (Å²) in [5, 5.41) is 5.66. The molecule has 6 heteroatoms. The molecule has 0 bridgehead atoms. The van der Waals surface area contributed by atoms with Crippen molar-refractivity contribution in [3.63, 3.8) is 0 Å². The van der Waals surface area contributed by atoms with Crippen molar-refractivity contribution in [2.24, 2.45) is 0 Å². The Morgan fingerprint density at radius 2 is 1.72 bits per heavy atom. The van der Waals surface area contributed by atoms with Gasteiger partial charge in [-0.3, -0.25) is 0 Å². The van der Waals surface area contributed by atoms with Gasteiger partial charge in [-0.25, -0.2) is 9.78 Å². The van der Waals surface area contributed by atoms with Crippen LogP contribution in [0.4, 0.5) is 10.5 Å². The minimum absolute atomic E-state index is 0.252. The molecule has 4 rings (SSSR count). The minimum Gasteiger partial charge on any atom is -0.493 e. The number of aryl methyl sites for hydroxylation is 1. The largest absolute Gasteiger partial charge is 0.493 e. The van der Waals surface area contributed by atoms with E-state index in [1.807, 2.05) is 91.9 Å². The van der Waals surface area contributed by atoms with E-state index in [0.717, 1.165) is 34.0 Å². The molecule has 1 heterocycles. The van der Waals surface area contributed by atoms with Crippen molar-refractivity contribution in [2.45, 2.75) is 19.9 Å². The topological polar surface area (TPSA) is 76.4 Å². The van der Waals surface area contributed by atoms with Crippen molar-refractivity contribution in [3.8, 4) is 17.2 Å². The van der Waals surface area contributed by atoms with Gasteiger partial charge < -0.3 is 19.8 Å². The summed E-state index contributed by atoms with van der Waals surface area (Å²) in [5.74, 6) is 2.17. The number of nitrogens with one attached hydrogen (secondary N) is 2. The third kappa shape index (κ3) is 5.76. The van der Waals surface area contributed by atoms with Crippen molar-refractivity contribution in [1.29, 1.82) is 0 Å². The summed E-state index contributed by atoms with van der Waals surface area (Å²) in [7, 11) is 0. The zero-order chi connectivity index (χ0) is 22.2. The maximum absolute atomic E-state index is 12.1. The Hall–Kier alpha value is -4.06. The molecule has 0 unspecified atom stereocenters. The lowest BCUT2D eigenvalue weighted by atomic mass is 10.2. The number of para-hydroxylation sites is 1. The third-order valence-electron chi connectivity index (χ3n) is 4.90. The molecule has 0 aliphatic heterocycles. The summed E-state index contributed by atoms with van der Waals surface area (Å²) >= 11 is 0. The lowest BCUT2D eigenvalue weighted by Gasteiger charge is -2.10. The van der Waals surface area contributed by atoms with Gasteiger partial charge in [-0.1, -0.05) is 48.5 Å². The van der Waals surface area contributed by atoms with E-state index >= 15 is 0 Å². The van der Waals surface area contributed by atoms with Crippen LogP contribution in [-0.2, 0) is 13.0 Å². The van der Waals surface area contributed by atoms with Gasteiger partial charge in [0.15, 0.2) is 0 Å². The number of rotatable bonds is 8. The highest BCUT2D eigenvalue weighted by Crippen LogP contribution is 2.22. The molecule has 2 amide bonds. The maximum atomic E-state index is 12.1. The lowest BCUT2D eigenvalue weighted by molar-refractivity contribution is 0.251. The molecule has 0 aliphatic carbocycles. The van der Waals surface area contributed by atoms with Crippen LogP contribution in [0.3, 0.4) is 0 Å². The first kappa shape index (κ1) is 21.2. The van der Waals surface area contributed by atoms with Crippen molar-refractivity contribution in [1.82, 2.24) is 10.3 Å². The number of carbonyl (C=O) groups excluding carboxylic acids is 1. The summed E-state index contributed by atoms with van der Waals surface area (Å²) in [5.41, 5.74) is 3.55. The van der Waals surface area contributed by atoms with Crippen molar-refractivity contribution in [3.05, 3.63) is 102 Å². The van der Waals surface area contributed by atoms with Gasteiger partial charge in [0.1, 0.15) is 11.5 Å². The number of ether oxygens (including phenoxy) is 1. The van der Waals surface area contributed by atoms with Crippen LogP contribution in [0.25, 0.3) is 11.5 Å². The van der Waals surface area contributed by atoms with Gasteiger partial charge in [-0.2, -0.15) is 0 Å². The minimum atomic E-state index is -0.252. The van der Waals surface area contributed by atoms with Gasteiger partial charge in [-0.15, -0.1) is 0 Å². The Morgan fingerprint density at radius 3 is 2.50 bits per heavy atom. The van der Waals surface area contributed by atoms with Crippen LogP contribution >= 0.6 is 0 Å². The van der Waals surface area contributed by atoms with Crippen LogP contribution in [0.5, 0.6) is 5.75 Å². The molecule has 162 valence electrons. The fourth-order valence-corrected chi connectivity index (χ4v) is 3.25. The Balaban J connectivity index is 1.27. The summed E-state index contributed by atoms with van der Waals surface area (Å²) in [6.45, 7) is 2.80. The van der Waals surface area contributed by atoms with E-state index < -0.39 is 0 Å². The molecule has 0 aliphatic rings. The Labute approximate surface area is 187 Å². The Morgan fingerprint density at radius 1 is 0.969 bits per heavy atom. The van der Waals surface area contributed by atoms with E-state index in [0.29, 0.717) is 25.5 Å². The van der Waals surface area contributed by atoms with Crippen LogP contribution < -0.4 is 15.4 Å². The number of hydrogen-bond donors (Lipinski definition) is 2. The normalized spacial score (nSPS) is 10.5. The maximum Gasteiger partial charge on any atom is 0.319 e. The molecule has 0 fully saturated rings. The second kappa shape index (κ2) is 10.3. The van der Waals surface area contributed by atoms with Crippen molar-refractivity contribution >= 4 is 11.7 Å². The summed E-state index contributed by atoms with van der Waals surface area (Å²) < 4.78 is 11.7. The molecular formula is C26H25N3O3. The SMILES string of the molecule is Cc1oc(-c2ccccc2)nc1CCOc1cccc(CNC(=O)Nc2ccccc2)c1. The predicted molar refractivity (Wildman–Crippen MR) is 125 cm³/mol. The van der Waals surface area contributed by atoms with Crippen LogP contribution in [0.2, 0.25) is 0 Å². The zero-order valence-corrected chi connectivity index (χ0v) is 17.9. The molecule has 4 aromatic rings. The standard InChI is InChI=1S/C26H25N3O3/c1-19-24(29-25(32-19)21-10-4-2-5-11-21)15-16-31-23-14-8-9-20(17-23)18-27-26(30)28-22-12-6-3-7-13-22/h2-14,17H,15-16,18H2,1H3,(H2,27,28,30). The van der Waals surface area contributed by atoms with Crippen LogP contribution in [-0.4, -0.2) is 17.6 Å². The third-order valence-corrected chi connectivity index (χ3v) is 4.90. The first-order chi connectivity index (χ1) is 15.7. The van der Waals surface area contributed by atoms with Crippen molar-refractivity contribution in [2.75, 3.05) is 11.9 Å². The van der Waals surface area contributed by atoms with Gasteiger partial charge in [0, 0.05) is 24.2 Å². The number of nitrogens with zero attached hydrogens (tertiary/aromatic N) is 1. The molecule has 0 radical (unpaired) electrons. The molecule has 0 saturated carbocycles. The number of carbonyl (C=O) groups is 1. The predicted octanol–water partition coefficient (Wildman–Crippen LogP) is 5.59. The number of hydrogen-bond acceptors (Lipinski definition) is 4. The van der Waals surface area contributed by atoms with Gasteiger partial charge >= 0.3 is 6.03 Å². The molecular weight excluding hydrogens is 402 g/mol. The molecule has 6 nitrogen and oxygen atoms in total. The number of urea groups is 1. The Bertz CT molecular complexity index is 1160.